The van der Waals surface area contributed by atoms with Gasteiger partial charge in [0.15, 0.2) is 31.5 Å². The van der Waals surface area contributed by atoms with Crippen LogP contribution in [0, 0.1) is 0 Å². The molecule has 2 amide bonds. The number of hydrogen-bond acceptors (Lipinski definition) is 25. The molecule has 0 bridgehead atoms. The lowest BCUT2D eigenvalue weighted by Crippen LogP contribution is -2.71. The lowest BCUT2D eigenvalue weighted by molar-refractivity contribution is -0.399. The standard InChI is InChI=1S/C34H58N2O25/c1-8-17(43)23(49)24(50)33(53-8)61-29-28(60-31-15(35-9(2)41)22(48)18(44)11(4-37)55-31)21(47)14(7-40)57-34(29)58-26-16(36-10(3)42)32(56-13(6-39)19(26)45)59-27-20(46)12(5-38)54-30(52)25(27)51/h8,11-34,37-40,43-52H,4-7H2,1-3H3,(H,35,41)(H,36,42)/t8-,11+,12+,13+,14+,15+,16+,17+,18-,19-,20-,21-,22+,23+,24-,25+,26+,27-,28-,29+,30+,31+,32+,33-,34-/m0/s1. The van der Waals surface area contributed by atoms with Gasteiger partial charge in [-0.25, -0.2) is 0 Å². The molecule has 0 aromatic heterocycles. The van der Waals surface area contributed by atoms with E-state index in [1.54, 1.807) is 0 Å². The largest absolute Gasteiger partial charge is 0.394 e. The molecular formula is C34H58N2O25. The van der Waals surface area contributed by atoms with E-state index in [-0.39, 0.29) is 0 Å². The molecule has 5 saturated heterocycles. The molecule has 5 heterocycles. The van der Waals surface area contributed by atoms with Gasteiger partial charge >= 0.3 is 0 Å². The van der Waals surface area contributed by atoms with Gasteiger partial charge in [-0.15, -0.1) is 0 Å². The van der Waals surface area contributed by atoms with Gasteiger partial charge in [-0.05, 0) is 6.92 Å². The predicted octanol–water partition coefficient (Wildman–Crippen LogP) is -10.6. The lowest BCUT2D eigenvalue weighted by Gasteiger charge is -2.51. The molecule has 25 atom stereocenters. The average Bonchev–Trinajstić information content (AvgIpc) is 3.22. The van der Waals surface area contributed by atoms with E-state index >= 15 is 0 Å². The molecule has 0 saturated carbocycles. The maximum absolute atomic E-state index is 12.7. The molecule has 61 heavy (non-hydrogen) atoms. The third-order valence-electron chi connectivity index (χ3n) is 11.1. The lowest BCUT2D eigenvalue weighted by atomic mass is 9.93. The molecule has 0 radical (unpaired) electrons. The highest BCUT2D eigenvalue weighted by Crippen LogP contribution is 2.37. The minimum Gasteiger partial charge on any atom is -0.394 e. The van der Waals surface area contributed by atoms with Crippen LogP contribution in [0.15, 0.2) is 0 Å². The van der Waals surface area contributed by atoms with Crippen molar-refractivity contribution >= 4 is 11.8 Å². The van der Waals surface area contributed by atoms with Crippen molar-refractivity contribution < 1.29 is 124 Å². The van der Waals surface area contributed by atoms with E-state index in [2.05, 4.69) is 10.6 Å². The van der Waals surface area contributed by atoms with Crippen molar-refractivity contribution in [3.8, 4) is 0 Å². The van der Waals surface area contributed by atoms with E-state index in [4.69, 9.17) is 42.6 Å². The summed E-state index contributed by atoms with van der Waals surface area (Å²) in [4.78, 5) is 24.9. The Hall–Kier alpha value is -1.98. The Labute approximate surface area is 346 Å². The van der Waals surface area contributed by atoms with Crippen LogP contribution in [0.5, 0.6) is 0 Å². The summed E-state index contributed by atoms with van der Waals surface area (Å²) < 4.78 is 52.2. The summed E-state index contributed by atoms with van der Waals surface area (Å²) in [6, 6.07) is -3.36. The number of ether oxygens (including phenoxy) is 9. The van der Waals surface area contributed by atoms with Gasteiger partial charge in [0.1, 0.15) is 116 Å². The Morgan fingerprint density at radius 3 is 1.41 bits per heavy atom. The van der Waals surface area contributed by atoms with E-state index in [0.717, 1.165) is 13.8 Å². The first-order valence-corrected chi connectivity index (χ1v) is 19.5. The molecule has 27 heteroatoms. The molecule has 0 aromatic rings. The van der Waals surface area contributed by atoms with Crippen molar-refractivity contribution in [2.24, 2.45) is 0 Å². The number of aliphatic hydroxyl groups excluding tert-OH is 14. The number of amides is 2. The third kappa shape index (κ3) is 10.8. The number of carbonyl (C=O) groups excluding carboxylic acids is 2. The van der Waals surface area contributed by atoms with Crippen LogP contribution in [0.2, 0.25) is 0 Å². The molecule has 354 valence electrons. The Balaban J connectivity index is 1.57. The predicted molar refractivity (Wildman–Crippen MR) is 188 cm³/mol. The van der Waals surface area contributed by atoms with Crippen molar-refractivity contribution in [3.63, 3.8) is 0 Å². The van der Waals surface area contributed by atoms with E-state index in [1.807, 2.05) is 0 Å². The summed E-state index contributed by atoms with van der Waals surface area (Å²) in [5.74, 6) is -1.59. The molecule has 5 aliphatic heterocycles. The monoisotopic (exact) mass is 894 g/mol. The Morgan fingerprint density at radius 2 is 0.852 bits per heavy atom. The maximum atomic E-state index is 12.7. The second-order valence-corrected chi connectivity index (χ2v) is 15.4. The molecule has 27 nitrogen and oxygen atoms in total. The van der Waals surface area contributed by atoms with Crippen molar-refractivity contribution in [3.05, 3.63) is 0 Å². The van der Waals surface area contributed by atoms with Gasteiger partial charge in [-0.1, -0.05) is 0 Å². The van der Waals surface area contributed by atoms with Gasteiger partial charge in [0.05, 0.1) is 32.5 Å². The second kappa shape index (κ2) is 21.3. The second-order valence-electron chi connectivity index (χ2n) is 15.4. The molecule has 0 spiro atoms. The summed E-state index contributed by atoms with van der Waals surface area (Å²) in [6.07, 6.45) is -42.2. The van der Waals surface area contributed by atoms with Gasteiger partial charge in [0, 0.05) is 13.8 Å². The maximum Gasteiger partial charge on any atom is 0.217 e. The van der Waals surface area contributed by atoms with E-state index < -0.39 is 192 Å². The van der Waals surface area contributed by atoms with Crippen LogP contribution < -0.4 is 10.6 Å². The fraction of sp³-hybridized carbons (Fsp3) is 0.941. The first kappa shape index (κ1) is 50.0. The van der Waals surface area contributed by atoms with Gasteiger partial charge in [0.25, 0.3) is 0 Å². The van der Waals surface area contributed by atoms with Crippen LogP contribution in [0.1, 0.15) is 20.8 Å². The number of nitrogens with one attached hydrogen (secondary N) is 2. The van der Waals surface area contributed by atoms with Gasteiger partial charge in [-0.2, -0.15) is 0 Å². The number of hydrogen-bond donors (Lipinski definition) is 16. The smallest absolute Gasteiger partial charge is 0.217 e. The fourth-order valence-electron chi connectivity index (χ4n) is 7.74. The van der Waals surface area contributed by atoms with Crippen molar-refractivity contribution in [2.75, 3.05) is 26.4 Å². The molecule has 0 unspecified atom stereocenters. The van der Waals surface area contributed by atoms with Crippen LogP contribution >= 0.6 is 0 Å². The molecule has 5 aliphatic rings. The van der Waals surface area contributed by atoms with Crippen LogP contribution in [0.3, 0.4) is 0 Å². The molecular weight excluding hydrogens is 836 g/mol. The summed E-state index contributed by atoms with van der Waals surface area (Å²) in [5.41, 5.74) is 0. The van der Waals surface area contributed by atoms with Crippen LogP contribution in [0.4, 0.5) is 0 Å². The zero-order chi connectivity index (χ0) is 45.2. The Kier molecular flexibility index (Phi) is 17.5. The summed E-state index contributed by atoms with van der Waals surface area (Å²) >= 11 is 0. The van der Waals surface area contributed by atoms with Crippen molar-refractivity contribution in [2.45, 2.75) is 174 Å². The highest BCUT2D eigenvalue weighted by molar-refractivity contribution is 5.73. The quantitative estimate of drug-likeness (QED) is 0.0770. The van der Waals surface area contributed by atoms with E-state index in [0.29, 0.717) is 0 Å². The van der Waals surface area contributed by atoms with E-state index in [1.165, 1.54) is 6.92 Å². The molecule has 16 N–H and O–H groups in total. The molecule has 5 fully saturated rings. The Bertz CT molecular complexity index is 1420. The van der Waals surface area contributed by atoms with Gasteiger partial charge < -0.3 is 125 Å². The van der Waals surface area contributed by atoms with E-state index in [9.17, 15) is 81.1 Å². The SMILES string of the molecule is CC(=O)N[C@H]1[C@@H](O[C@H]2[C@@H](O)[C@@H](CO)O[C@@H](O[C@H]3[C@@H](O)[C@@H](CO)O[C@H](O[C@@H]4[C@@H](O)[C@H](O)O[C@H](CO)[C@@H]4O)[C@@H]3NC(C)=O)[C@@H]2O[C@@H]2O[C@@H](C)[C@@H](O)[C@@H](O)[C@@H]2O)O[C@H](CO)[C@H](O)[C@@H]1O. The minimum absolute atomic E-state index is 0.763. The first-order valence-electron chi connectivity index (χ1n) is 19.5. The molecule has 0 aliphatic carbocycles. The highest BCUT2D eigenvalue weighted by atomic mass is 16.8. The summed E-state index contributed by atoms with van der Waals surface area (Å²) in [6.45, 7) is -0.358. The fourth-order valence-corrected chi connectivity index (χ4v) is 7.74. The zero-order valence-electron chi connectivity index (χ0n) is 33.0. The average molecular weight is 895 g/mol. The molecule has 5 rings (SSSR count). The third-order valence-corrected chi connectivity index (χ3v) is 11.1. The van der Waals surface area contributed by atoms with Crippen molar-refractivity contribution in [1.82, 2.24) is 10.6 Å². The van der Waals surface area contributed by atoms with Crippen LogP contribution in [0.25, 0.3) is 0 Å². The Morgan fingerprint density at radius 1 is 0.426 bits per heavy atom. The van der Waals surface area contributed by atoms with Crippen LogP contribution in [-0.4, -0.2) is 263 Å². The summed E-state index contributed by atoms with van der Waals surface area (Å²) in [5, 5.41) is 154. The number of aliphatic hydroxyl groups is 14. The van der Waals surface area contributed by atoms with Gasteiger partial charge in [0.2, 0.25) is 11.8 Å². The minimum atomic E-state index is -2.08. The number of rotatable bonds is 14. The summed E-state index contributed by atoms with van der Waals surface area (Å²) in [7, 11) is 0. The van der Waals surface area contributed by atoms with Crippen LogP contribution in [-0.2, 0) is 52.2 Å². The normalized spacial score (nSPS) is 49.6. The van der Waals surface area contributed by atoms with Gasteiger partial charge in [-0.3, -0.25) is 9.59 Å². The first-order chi connectivity index (χ1) is 28.8. The zero-order valence-corrected chi connectivity index (χ0v) is 33.0. The highest BCUT2D eigenvalue weighted by Gasteiger charge is 2.58. The van der Waals surface area contributed by atoms with Crippen molar-refractivity contribution in [1.29, 1.82) is 0 Å². The molecule has 0 aromatic carbocycles. The number of carbonyl (C=O) groups is 2. The topological polar surface area (TPSA) is 424 Å².